The Balaban J connectivity index is 3.96. The van der Waals surface area contributed by atoms with Crippen molar-refractivity contribution in [3.8, 4) is 0 Å². The minimum atomic E-state index is 0.701. The highest BCUT2D eigenvalue weighted by Gasteiger charge is 1.92. The van der Waals surface area contributed by atoms with E-state index in [4.69, 9.17) is 4.74 Å². The van der Waals surface area contributed by atoms with Gasteiger partial charge in [-0.2, -0.15) is 4.99 Å². The van der Waals surface area contributed by atoms with Crippen LogP contribution in [0, 0.1) is 0 Å². The lowest BCUT2D eigenvalue weighted by atomic mass is 10.5. The summed E-state index contributed by atoms with van der Waals surface area (Å²) in [6.07, 6.45) is 5.27. The molecule has 0 unspecified atom stereocenters. The second-order valence-electron chi connectivity index (χ2n) is 1.42. The maximum absolute atomic E-state index is 4.88. The van der Waals surface area contributed by atoms with Crippen LogP contribution in [-0.2, 0) is 4.74 Å². The molecule has 0 bridgehead atoms. The van der Waals surface area contributed by atoms with Gasteiger partial charge in [0.1, 0.15) is 0 Å². The third kappa shape index (κ3) is 3.53. The summed E-state index contributed by atoms with van der Waals surface area (Å²) in [4.78, 5) is 2.80. The van der Waals surface area contributed by atoms with Gasteiger partial charge in [0.25, 0.3) is 0 Å². The highest BCUT2D eigenvalue weighted by atomic mass is 16.5. The molecule has 0 fully saturated rings. The molecule has 0 rings (SSSR count). The van der Waals surface area contributed by atoms with Crippen LogP contribution in [0.15, 0.2) is 24.9 Å². The van der Waals surface area contributed by atoms with Crippen molar-refractivity contribution in [1.82, 2.24) is 0 Å². The van der Waals surface area contributed by atoms with Crippen LogP contribution >= 0.6 is 0 Å². The maximum atomic E-state index is 4.88. The first-order valence-electron chi connectivity index (χ1n) is 2.76. The van der Waals surface area contributed by atoms with Gasteiger partial charge in [-0.1, -0.05) is 6.08 Å². The van der Waals surface area contributed by atoms with Gasteiger partial charge in [0.05, 0.1) is 7.11 Å². The van der Waals surface area contributed by atoms with Gasteiger partial charge < -0.3 is 4.74 Å². The van der Waals surface area contributed by atoms with Gasteiger partial charge in [-0.15, -0.1) is 0 Å². The normalized spacial score (nSPS) is 12.0. The van der Waals surface area contributed by atoms with E-state index in [2.05, 4.69) is 11.6 Å². The molecule has 0 atom stereocenters. The molecule has 1 N–H and O–H groups in total. The van der Waals surface area contributed by atoms with E-state index in [1.807, 2.05) is 19.1 Å². The molecular formula is C7H12NO+. The fourth-order valence-corrected chi connectivity index (χ4v) is 0.427. The van der Waals surface area contributed by atoms with E-state index >= 15 is 0 Å². The molecule has 0 saturated heterocycles. The van der Waals surface area contributed by atoms with Gasteiger partial charge >= 0.3 is 5.90 Å². The van der Waals surface area contributed by atoms with Gasteiger partial charge in [0.2, 0.25) is 0 Å². The second-order valence-corrected chi connectivity index (χ2v) is 1.42. The molecule has 0 radical (unpaired) electrons. The smallest absolute Gasteiger partial charge is 0.365 e. The van der Waals surface area contributed by atoms with E-state index in [9.17, 15) is 0 Å². The summed E-state index contributed by atoms with van der Waals surface area (Å²) in [5.41, 5.74) is 0. The van der Waals surface area contributed by atoms with Crippen LogP contribution in [0.25, 0.3) is 0 Å². The summed E-state index contributed by atoms with van der Waals surface area (Å²) >= 11 is 0. The van der Waals surface area contributed by atoms with Crippen molar-refractivity contribution in [3.63, 3.8) is 0 Å². The van der Waals surface area contributed by atoms with Crippen LogP contribution in [0.5, 0.6) is 0 Å². The molecular weight excluding hydrogens is 114 g/mol. The Labute approximate surface area is 55.6 Å². The summed E-state index contributed by atoms with van der Waals surface area (Å²) in [7, 11) is 1.60. The number of rotatable bonds is 2. The summed E-state index contributed by atoms with van der Waals surface area (Å²) < 4.78 is 4.88. The van der Waals surface area contributed by atoms with Gasteiger partial charge in [-0.05, 0) is 13.5 Å². The zero-order chi connectivity index (χ0) is 7.11. The average molecular weight is 126 g/mol. The van der Waals surface area contributed by atoms with E-state index in [-0.39, 0.29) is 0 Å². The standard InChI is InChI=1S/C7H11NO/c1-4-6-7(9-3)8-5-2/h4-6H,2H2,1,3H3/p+1/b6-4-,8-7?. The predicted molar refractivity (Wildman–Crippen MR) is 38.0 cm³/mol. The fourth-order valence-electron chi connectivity index (χ4n) is 0.427. The molecule has 50 valence electrons. The van der Waals surface area contributed by atoms with Crippen LogP contribution in [0.4, 0.5) is 0 Å². The Bertz CT molecular complexity index is 136. The molecule has 0 aromatic heterocycles. The number of hydrogen-bond acceptors (Lipinski definition) is 1. The van der Waals surface area contributed by atoms with Gasteiger partial charge in [-0.3, -0.25) is 0 Å². The van der Waals surface area contributed by atoms with Crippen LogP contribution in [0.1, 0.15) is 6.92 Å². The van der Waals surface area contributed by atoms with Crippen molar-refractivity contribution >= 4 is 5.90 Å². The molecule has 0 aliphatic carbocycles. The van der Waals surface area contributed by atoms with Crippen molar-refractivity contribution in [2.24, 2.45) is 0 Å². The quantitative estimate of drug-likeness (QED) is 0.403. The Morgan fingerprint density at radius 3 is 2.67 bits per heavy atom. The molecule has 0 amide bonds. The number of methoxy groups -OCH3 is 1. The van der Waals surface area contributed by atoms with E-state index in [1.54, 1.807) is 13.3 Å². The van der Waals surface area contributed by atoms with E-state index < -0.39 is 0 Å². The van der Waals surface area contributed by atoms with Crippen molar-refractivity contribution < 1.29 is 9.73 Å². The Morgan fingerprint density at radius 2 is 2.33 bits per heavy atom. The summed E-state index contributed by atoms with van der Waals surface area (Å²) in [6.45, 7) is 5.41. The first kappa shape index (κ1) is 7.95. The van der Waals surface area contributed by atoms with Gasteiger partial charge in [-0.25, -0.2) is 0 Å². The minimum absolute atomic E-state index is 0.701. The molecule has 2 heteroatoms. The lowest BCUT2D eigenvalue weighted by Crippen LogP contribution is -2.65. The van der Waals surface area contributed by atoms with Crippen molar-refractivity contribution in [3.05, 3.63) is 24.9 Å². The predicted octanol–water partition coefficient (Wildman–Crippen LogP) is -0.169. The zero-order valence-electron chi connectivity index (χ0n) is 5.85. The fraction of sp³-hybridized carbons (Fsp3) is 0.286. The second kappa shape index (κ2) is 5.09. The number of hydrogen-bond donors (Lipinski definition) is 1. The van der Waals surface area contributed by atoms with Crippen molar-refractivity contribution in [2.75, 3.05) is 7.11 Å². The van der Waals surface area contributed by atoms with E-state index in [0.29, 0.717) is 5.90 Å². The first-order chi connectivity index (χ1) is 4.35. The molecule has 9 heavy (non-hydrogen) atoms. The van der Waals surface area contributed by atoms with E-state index in [1.165, 1.54) is 0 Å². The topological polar surface area (TPSA) is 23.2 Å². The molecule has 0 heterocycles. The zero-order valence-corrected chi connectivity index (χ0v) is 5.85. The molecule has 0 aromatic rings. The SMILES string of the molecule is C=C[NH+]=C(/C=C\C)OC. The molecule has 0 saturated carbocycles. The van der Waals surface area contributed by atoms with Crippen molar-refractivity contribution in [1.29, 1.82) is 0 Å². The van der Waals surface area contributed by atoms with Gasteiger partial charge in [0.15, 0.2) is 6.20 Å². The highest BCUT2D eigenvalue weighted by Crippen LogP contribution is 1.71. The van der Waals surface area contributed by atoms with Gasteiger partial charge in [0, 0.05) is 6.08 Å². The molecule has 0 aliphatic rings. The van der Waals surface area contributed by atoms with Crippen LogP contribution in [0.2, 0.25) is 0 Å². The lowest BCUT2D eigenvalue weighted by Gasteiger charge is -1.86. The van der Waals surface area contributed by atoms with Crippen LogP contribution < -0.4 is 4.99 Å². The lowest BCUT2D eigenvalue weighted by molar-refractivity contribution is -0.383. The third-order valence-corrected chi connectivity index (χ3v) is 0.782. The monoisotopic (exact) mass is 126 g/mol. The number of nitrogens with one attached hydrogen (secondary N) is 1. The van der Waals surface area contributed by atoms with Crippen LogP contribution in [0.3, 0.4) is 0 Å². The van der Waals surface area contributed by atoms with Crippen molar-refractivity contribution in [2.45, 2.75) is 6.92 Å². The Kier molecular flexibility index (Phi) is 4.50. The number of ether oxygens (including phenoxy) is 1. The maximum Gasteiger partial charge on any atom is 0.365 e. The molecule has 0 spiro atoms. The average Bonchev–Trinajstić information content (AvgIpc) is 1.88. The highest BCUT2D eigenvalue weighted by molar-refractivity contribution is 5.82. The number of allylic oxidation sites excluding steroid dienone is 1. The summed E-state index contributed by atoms with van der Waals surface area (Å²) in [6, 6.07) is 0. The minimum Gasteiger partial charge on any atom is -0.448 e. The molecule has 0 aromatic carbocycles. The first-order valence-corrected chi connectivity index (χ1v) is 2.76. The Morgan fingerprint density at radius 1 is 1.67 bits per heavy atom. The molecule has 2 nitrogen and oxygen atoms in total. The van der Waals surface area contributed by atoms with Crippen LogP contribution in [-0.4, -0.2) is 13.0 Å². The summed E-state index contributed by atoms with van der Waals surface area (Å²) in [5.74, 6) is 0.701. The summed E-state index contributed by atoms with van der Waals surface area (Å²) in [5, 5.41) is 0. The largest absolute Gasteiger partial charge is 0.448 e. The third-order valence-electron chi connectivity index (χ3n) is 0.782. The Hall–Kier alpha value is -1.05. The molecule has 0 aliphatic heterocycles. The van der Waals surface area contributed by atoms with E-state index in [0.717, 1.165) is 0 Å².